The first-order valence-electron chi connectivity index (χ1n) is 9.89. The highest BCUT2D eigenvalue weighted by atomic mass is 16.4. The summed E-state index contributed by atoms with van der Waals surface area (Å²) in [4.78, 5) is 11.8. The van der Waals surface area contributed by atoms with Crippen LogP contribution in [0.3, 0.4) is 0 Å². The second-order valence-corrected chi connectivity index (χ2v) is 8.23. The van der Waals surface area contributed by atoms with Crippen molar-refractivity contribution in [1.82, 2.24) is 0 Å². The number of aromatic carboxylic acids is 1. The first-order chi connectivity index (χ1) is 12.7. The van der Waals surface area contributed by atoms with Crippen molar-refractivity contribution in [2.45, 2.75) is 44.6 Å². The lowest BCUT2D eigenvalue weighted by Gasteiger charge is -2.44. The molecule has 2 aliphatic carbocycles. The minimum Gasteiger partial charge on any atom is -0.478 e. The van der Waals surface area contributed by atoms with E-state index in [0.29, 0.717) is 23.3 Å². The Hall–Kier alpha value is -2.29. The van der Waals surface area contributed by atoms with Crippen LogP contribution in [-0.2, 0) is 6.42 Å². The molecule has 3 heteroatoms. The lowest BCUT2D eigenvalue weighted by molar-refractivity contribution is 0.0697. The Balaban J connectivity index is 1.64. The van der Waals surface area contributed by atoms with Crippen LogP contribution in [0.1, 0.15) is 65.2 Å². The number of benzene rings is 2. The molecule has 2 saturated carbocycles. The SMILES string of the molecule is CCc1ccc([C@@H]2Nc3c(C(=O)O)cccc3[C@@H]3[C@@H]4CC[C@@H](C4)[C@@H]32)cc1. The van der Waals surface area contributed by atoms with Crippen LogP contribution in [0.2, 0.25) is 0 Å². The number of fused-ring (bicyclic) bond motifs is 7. The maximum absolute atomic E-state index is 11.8. The van der Waals surface area contributed by atoms with Crippen LogP contribution in [0.4, 0.5) is 5.69 Å². The Morgan fingerprint density at radius 2 is 1.88 bits per heavy atom. The van der Waals surface area contributed by atoms with E-state index in [1.807, 2.05) is 6.07 Å². The van der Waals surface area contributed by atoms with Gasteiger partial charge in [0.25, 0.3) is 0 Å². The van der Waals surface area contributed by atoms with Gasteiger partial charge >= 0.3 is 5.97 Å². The Bertz CT molecular complexity index is 857. The number of anilines is 1. The van der Waals surface area contributed by atoms with Crippen molar-refractivity contribution in [1.29, 1.82) is 0 Å². The number of carbonyl (C=O) groups is 1. The van der Waals surface area contributed by atoms with E-state index in [0.717, 1.165) is 18.0 Å². The van der Waals surface area contributed by atoms with Gasteiger partial charge in [0, 0.05) is 0 Å². The molecule has 3 aliphatic rings. The van der Waals surface area contributed by atoms with Crippen molar-refractivity contribution in [3.05, 3.63) is 64.7 Å². The van der Waals surface area contributed by atoms with Crippen molar-refractivity contribution in [3.63, 3.8) is 0 Å². The molecular formula is C23H25NO2. The normalized spacial score (nSPS) is 31.2. The summed E-state index contributed by atoms with van der Waals surface area (Å²) in [5.41, 5.74) is 5.16. The fourth-order valence-electron chi connectivity index (χ4n) is 5.98. The van der Waals surface area contributed by atoms with Gasteiger partial charge in [-0.05, 0) is 72.1 Å². The van der Waals surface area contributed by atoms with Crippen LogP contribution in [0.5, 0.6) is 0 Å². The summed E-state index contributed by atoms with van der Waals surface area (Å²) in [6, 6.07) is 15.0. The zero-order valence-corrected chi connectivity index (χ0v) is 15.1. The van der Waals surface area contributed by atoms with Gasteiger partial charge < -0.3 is 10.4 Å². The molecule has 0 spiro atoms. The third-order valence-corrected chi connectivity index (χ3v) is 7.10. The standard InChI is InChI=1S/C23H25NO2/c1-2-13-6-8-14(9-7-13)21-20-16-11-10-15(12-16)19(20)17-4-3-5-18(23(25)26)22(17)24-21/h3-9,15-16,19-21,24H,2,10-12H2,1H3,(H,25,26)/t15-,16+,19+,20+,21+/m1/s1. The smallest absolute Gasteiger partial charge is 0.337 e. The molecule has 1 heterocycles. The molecule has 5 rings (SSSR count). The summed E-state index contributed by atoms with van der Waals surface area (Å²) in [6.45, 7) is 2.18. The van der Waals surface area contributed by atoms with Gasteiger partial charge in [0.2, 0.25) is 0 Å². The number of para-hydroxylation sites is 1. The second-order valence-electron chi connectivity index (χ2n) is 8.23. The molecule has 0 unspecified atom stereocenters. The van der Waals surface area contributed by atoms with E-state index in [2.05, 4.69) is 42.6 Å². The Morgan fingerprint density at radius 1 is 1.12 bits per heavy atom. The van der Waals surface area contributed by atoms with Gasteiger partial charge in [0.05, 0.1) is 17.3 Å². The highest BCUT2D eigenvalue weighted by Gasteiger charge is 2.54. The number of rotatable bonds is 3. The molecular weight excluding hydrogens is 322 g/mol. The van der Waals surface area contributed by atoms with Crippen molar-refractivity contribution in [2.24, 2.45) is 17.8 Å². The van der Waals surface area contributed by atoms with E-state index >= 15 is 0 Å². The largest absolute Gasteiger partial charge is 0.478 e. The van der Waals surface area contributed by atoms with Gasteiger partial charge in [-0.1, -0.05) is 43.3 Å². The summed E-state index contributed by atoms with van der Waals surface area (Å²) in [5.74, 6) is 1.72. The topological polar surface area (TPSA) is 49.3 Å². The molecule has 5 atom stereocenters. The van der Waals surface area contributed by atoms with Crippen LogP contribution < -0.4 is 5.32 Å². The molecule has 2 aromatic rings. The molecule has 2 N–H and O–H groups in total. The van der Waals surface area contributed by atoms with Gasteiger partial charge in [-0.3, -0.25) is 0 Å². The fourth-order valence-corrected chi connectivity index (χ4v) is 5.98. The Labute approximate surface area is 154 Å². The number of hydrogen-bond donors (Lipinski definition) is 2. The van der Waals surface area contributed by atoms with Crippen molar-refractivity contribution < 1.29 is 9.90 Å². The summed E-state index contributed by atoms with van der Waals surface area (Å²) in [7, 11) is 0. The minimum atomic E-state index is -0.837. The van der Waals surface area contributed by atoms with Gasteiger partial charge in [0.15, 0.2) is 0 Å². The summed E-state index contributed by atoms with van der Waals surface area (Å²) in [5, 5.41) is 13.4. The van der Waals surface area contributed by atoms with Crippen LogP contribution >= 0.6 is 0 Å². The van der Waals surface area contributed by atoms with E-state index in [1.54, 1.807) is 6.07 Å². The van der Waals surface area contributed by atoms with E-state index in [-0.39, 0.29) is 6.04 Å². The predicted molar refractivity (Wildman–Crippen MR) is 103 cm³/mol. The number of hydrogen-bond acceptors (Lipinski definition) is 2. The molecule has 134 valence electrons. The van der Waals surface area contributed by atoms with E-state index < -0.39 is 5.97 Å². The molecule has 2 fully saturated rings. The monoisotopic (exact) mass is 347 g/mol. The van der Waals surface area contributed by atoms with Crippen molar-refractivity contribution in [2.75, 3.05) is 5.32 Å². The van der Waals surface area contributed by atoms with Crippen LogP contribution in [0.25, 0.3) is 0 Å². The quantitative estimate of drug-likeness (QED) is 0.798. The lowest BCUT2D eigenvalue weighted by Crippen LogP contribution is -2.36. The van der Waals surface area contributed by atoms with Gasteiger partial charge in [0.1, 0.15) is 0 Å². The Morgan fingerprint density at radius 3 is 2.62 bits per heavy atom. The highest BCUT2D eigenvalue weighted by molar-refractivity contribution is 5.95. The van der Waals surface area contributed by atoms with Crippen LogP contribution in [0.15, 0.2) is 42.5 Å². The van der Waals surface area contributed by atoms with E-state index in [1.165, 1.54) is 36.0 Å². The van der Waals surface area contributed by atoms with Gasteiger partial charge in [-0.15, -0.1) is 0 Å². The first kappa shape index (κ1) is 15.9. The zero-order chi connectivity index (χ0) is 17.8. The highest BCUT2D eigenvalue weighted by Crippen LogP contribution is 2.63. The van der Waals surface area contributed by atoms with Crippen molar-refractivity contribution >= 4 is 11.7 Å². The average Bonchev–Trinajstić information content (AvgIpc) is 3.29. The van der Waals surface area contributed by atoms with E-state index in [9.17, 15) is 9.90 Å². The summed E-state index contributed by atoms with van der Waals surface area (Å²) < 4.78 is 0. The molecule has 0 saturated heterocycles. The van der Waals surface area contributed by atoms with E-state index in [4.69, 9.17) is 0 Å². The molecule has 0 amide bonds. The molecule has 2 aromatic carbocycles. The van der Waals surface area contributed by atoms with Gasteiger partial charge in [-0.25, -0.2) is 4.79 Å². The summed E-state index contributed by atoms with van der Waals surface area (Å²) >= 11 is 0. The average molecular weight is 347 g/mol. The maximum atomic E-state index is 11.8. The van der Waals surface area contributed by atoms with Gasteiger partial charge in [-0.2, -0.15) is 0 Å². The Kier molecular flexibility index (Phi) is 3.59. The molecule has 2 bridgehead atoms. The number of nitrogens with one attached hydrogen (secondary N) is 1. The van der Waals surface area contributed by atoms with Crippen molar-refractivity contribution in [3.8, 4) is 0 Å². The lowest BCUT2D eigenvalue weighted by atomic mass is 9.67. The predicted octanol–water partition coefficient (Wildman–Crippen LogP) is 5.24. The minimum absolute atomic E-state index is 0.217. The zero-order valence-electron chi connectivity index (χ0n) is 15.1. The molecule has 0 aromatic heterocycles. The maximum Gasteiger partial charge on any atom is 0.337 e. The second kappa shape index (κ2) is 5.87. The number of carboxylic acids is 1. The third kappa shape index (κ3) is 2.22. The molecule has 26 heavy (non-hydrogen) atoms. The number of carboxylic acid groups (broad SMARTS) is 1. The van der Waals surface area contributed by atoms with Crippen LogP contribution in [-0.4, -0.2) is 11.1 Å². The third-order valence-electron chi connectivity index (χ3n) is 7.10. The molecule has 1 aliphatic heterocycles. The first-order valence-corrected chi connectivity index (χ1v) is 9.89. The summed E-state index contributed by atoms with van der Waals surface area (Å²) in [6.07, 6.45) is 4.97. The van der Waals surface area contributed by atoms with Crippen LogP contribution in [0, 0.1) is 17.8 Å². The number of aryl methyl sites for hydroxylation is 1. The molecule has 0 radical (unpaired) electrons. The fraction of sp³-hybridized carbons (Fsp3) is 0.435. The molecule has 3 nitrogen and oxygen atoms in total.